The fourth-order valence-electron chi connectivity index (χ4n) is 4.71. The van der Waals surface area contributed by atoms with Crippen LogP contribution in [0.4, 0.5) is 5.69 Å². The van der Waals surface area contributed by atoms with Crippen molar-refractivity contribution >= 4 is 38.2 Å². The Kier molecular flexibility index (Phi) is 5.88. The topological polar surface area (TPSA) is 125 Å². The van der Waals surface area contributed by atoms with E-state index in [4.69, 9.17) is 0 Å². The first-order valence-corrected chi connectivity index (χ1v) is 12.5. The molecule has 2 heterocycles. The maximum Gasteiger partial charge on any atom is 0.248 e. The average Bonchev–Trinajstić information content (AvgIpc) is 3.06. The molecular weight excluding hydrogens is 418 g/mol. The summed E-state index contributed by atoms with van der Waals surface area (Å²) in [5.41, 5.74) is 1.95. The maximum atomic E-state index is 13.1. The van der Waals surface area contributed by atoms with Crippen LogP contribution >= 0.6 is 0 Å². The SMILES string of the molecule is Cc1cc(=O)[nH]c2ccc(NC(=O)C3CCCCC3C(=O)NC3CCS(=O)(=O)C3)cc12. The number of sulfone groups is 1. The molecule has 1 saturated heterocycles. The van der Waals surface area contributed by atoms with Gasteiger partial charge in [0.15, 0.2) is 9.84 Å². The Balaban J connectivity index is 1.48. The smallest absolute Gasteiger partial charge is 0.248 e. The predicted octanol–water partition coefficient (Wildman–Crippen LogP) is 1.88. The fourth-order valence-corrected chi connectivity index (χ4v) is 6.38. The summed E-state index contributed by atoms with van der Waals surface area (Å²) in [6.07, 6.45) is 3.40. The highest BCUT2D eigenvalue weighted by atomic mass is 32.2. The van der Waals surface area contributed by atoms with Gasteiger partial charge in [0, 0.05) is 40.5 Å². The lowest BCUT2D eigenvalue weighted by molar-refractivity contribution is -0.134. The van der Waals surface area contributed by atoms with Crippen LogP contribution in [0.3, 0.4) is 0 Å². The molecule has 1 aliphatic heterocycles. The van der Waals surface area contributed by atoms with E-state index in [1.807, 2.05) is 13.0 Å². The summed E-state index contributed by atoms with van der Waals surface area (Å²) in [4.78, 5) is 40.3. The van der Waals surface area contributed by atoms with Crippen LogP contribution < -0.4 is 16.2 Å². The van der Waals surface area contributed by atoms with Crippen molar-refractivity contribution in [2.24, 2.45) is 11.8 Å². The summed E-state index contributed by atoms with van der Waals surface area (Å²) >= 11 is 0. The number of benzene rings is 1. The molecule has 0 spiro atoms. The number of H-pyrrole nitrogens is 1. The highest BCUT2D eigenvalue weighted by Crippen LogP contribution is 2.32. The summed E-state index contributed by atoms with van der Waals surface area (Å²) in [5.74, 6) is -1.29. The van der Waals surface area contributed by atoms with Crippen molar-refractivity contribution in [3.8, 4) is 0 Å². The van der Waals surface area contributed by atoms with E-state index in [1.54, 1.807) is 12.1 Å². The van der Waals surface area contributed by atoms with E-state index in [1.165, 1.54) is 6.07 Å². The van der Waals surface area contributed by atoms with Crippen LogP contribution in [0.2, 0.25) is 0 Å². The molecule has 2 aliphatic rings. The van der Waals surface area contributed by atoms with Crippen molar-refractivity contribution in [1.29, 1.82) is 0 Å². The van der Waals surface area contributed by atoms with Crippen LogP contribution in [-0.4, -0.2) is 42.8 Å². The van der Waals surface area contributed by atoms with Crippen molar-refractivity contribution < 1.29 is 18.0 Å². The number of anilines is 1. The number of aromatic amines is 1. The number of fused-ring (bicyclic) bond motifs is 1. The van der Waals surface area contributed by atoms with Gasteiger partial charge in [-0.1, -0.05) is 12.8 Å². The van der Waals surface area contributed by atoms with Gasteiger partial charge in [-0.05, 0) is 49.9 Å². The van der Waals surface area contributed by atoms with Crippen LogP contribution in [0.5, 0.6) is 0 Å². The van der Waals surface area contributed by atoms with E-state index in [2.05, 4.69) is 15.6 Å². The standard InChI is InChI=1S/C22H27N3O5S/c1-13-10-20(26)25-19-7-6-14(11-18(13)19)23-21(27)16-4-2-3-5-17(16)22(28)24-15-8-9-31(29,30)12-15/h6-7,10-11,15-17H,2-5,8-9,12H2,1H3,(H,23,27)(H,24,28)(H,25,26). The zero-order valence-electron chi connectivity index (χ0n) is 17.4. The van der Waals surface area contributed by atoms with Crippen molar-refractivity contribution in [2.45, 2.75) is 45.1 Å². The third kappa shape index (κ3) is 4.81. The van der Waals surface area contributed by atoms with Gasteiger partial charge in [-0.2, -0.15) is 0 Å². The second-order valence-electron chi connectivity index (χ2n) is 8.67. The van der Waals surface area contributed by atoms with E-state index in [0.717, 1.165) is 23.8 Å². The summed E-state index contributed by atoms with van der Waals surface area (Å²) in [6, 6.07) is 6.45. The summed E-state index contributed by atoms with van der Waals surface area (Å²) in [7, 11) is -3.08. The van der Waals surface area contributed by atoms with Crippen molar-refractivity contribution in [3.05, 3.63) is 40.2 Å². The Labute approximate surface area is 180 Å². The molecule has 8 nitrogen and oxygen atoms in total. The quantitative estimate of drug-likeness (QED) is 0.663. The van der Waals surface area contributed by atoms with Crippen LogP contribution in [-0.2, 0) is 19.4 Å². The molecule has 9 heteroatoms. The van der Waals surface area contributed by atoms with Crippen molar-refractivity contribution in [3.63, 3.8) is 0 Å². The Bertz CT molecular complexity index is 1190. The molecule has 166 valence electrons. The van der Waals surface area contributed by atoms with Gasteiger partial charge >= 0.3 is 0 Å². The molecule has 2 fully saturated rings. The highest BCUT2D eigenvalue weighted by molar-refractivity contribution is 7.91. The van der Waals surface area contributed by atoms with Crippen molar-refractivity contribution in [1.82, 2.24) is 10.3 Å². The lowest BCUT2D eigenvalue weighted by atomic mass is 9.78. The second kappa shape index (κ2) is 8.45. The lowest BCUT2D eigenvalue weighted by Gasteiger charge is -2.30. The van der Waals surface area contributed by atoms with Gasteiger partial charge in [-0.25, -0.2) is 8.42 Å². The molecule has 3 unspecified atom stereocenters. The van der Waals surface area contributed by atoms with E-state index in [9.17, 15) is 22.8 Å². The number of carbonyl (C=O) groups is 2. The second-order valence-corrected chi connectivity index (χ2v) is 10.9. The molecule has 1 aromatic heterocycles. The molecule has 4 rings (SSSR count). The van der Waals surface area contributed by atoms with Gasteiger partial charge in [0.2, 0.25) is 17.4 Å². The van der Waals surface area contributed by atoms with E-state index < -0.39 is 21.7 Å². The average molecular weight is 446 g/mol. The van der Waals surface area contributed by atoms with Crippen molar-refractivity contribution in [2.75, 3.05) is 16.8 Å². The first-order valence-electron chi connectivity index (χ1n) is 10.7. The Morgan fingerprint density at radius 2 is 1.74 bits per heavy atom. The third-order valence-electron chi connectivity index (χ3n) is 6.34. The molecule has 1 saturated carbocycles. The summed E-state index contributed by atoms with van der Waals surface area (Å²) in [6.45, 7) is 1.84. The number of nitrogens with one attached hydrogen (secondary N) is 3. The number of aromatic nitrogens is 1. The molecule has 1 aliphatic carbocycles. The van der Waals surface area contributed by atoms with Gasteiger partial charge in [-0.15, -0.1) is 0 Å². The first kappa shape index (κ1) is 21.5. The van der Waals surface area contributed by atoms with E-state index >= 15 is 0 Å². The number of hydrogen-bond donors (Lipinski definition) is 3. The summed E-state index contributed by atoms with van der Waals surface area (Å²) in [5, 5.41) is 6.63. The number of pyridine rings is 1. The summed E-state index contributed by atoms with van der Waals surface area (Å²) < 4.78 is 23.4. The molecule has 2 aromatic rings. The number of hydrogen-bond acceptors (Lipinski definition) is 5. The van der Waals surface area contributed by atoms with E-state index in [0.29, 0.717) is 30.5 Å². The minimum Gasteiger partial charge on any atom is -0.352 e. The minimum absolute atomic E-state index is 0.0269. The van der Waals surface area contributed by atoms with Gasteiger partial charge < -0.3 is 15.6 Å². The molecule has 3 atom stereocenters. The zero-order chi connectivity index (χ0) is 22.2. The highest BCUT2D eigenvalue weighted by Gasteiger charge is 2.38. The van der Waals surface area contributed by atoms with Crippen LogP contribution in [0.1, 0.15) is 37.7 Å². The molecule has 0 radical (unpaired) electrons. The molecule has 2 amide bonds. The fraction of sp³-hybridized carbons (Fsp3) is 0.500. The number of aryl methyl sites for hydroxylation is 1. The van der Waals surface area contributed by atoms with Crippen LogP contribution in [0.25, 0.3) is 10.9 Å². The van der Waals surface area contributed by atoms with Gasteiger partial charge in [0.1, 0.15) is 0 Å². The Hall–Kier alpha value is -2.68. The van der Waals surface area contributed by atoms with Gasteiger partial charge in [0.05, 0.1) is 11.5 Å². The normalized spacial score (nSPS) is 25.3. The third-order valence-corrected chi connectivity index (χ3v) is 8.10. The molecule has 1 aromatic carbocycles. The number of carbonyl (C=O) groups excluding carboxylic acids is 2. The first-order chi connectivity index (χ1) is 14.7. The monoisotopic (exact) mass is 445 g/mol. The molecular formula is C22H27N3O5S. The molecule has 3 N–H and O–H groups in total. The Morgan fingerprint density at radius 3 is 2.42 bits per heavy atom. The maximum absolute atomic E-state index is 13.1. The van der Waals surface area contributed by atoms with Crippen LogP contribution in [0, 0.1) is 18.8 Å². The van der Waals surface area contributed by atoms with Gasteiger partial charge in [0.25, 0.3) is 0 Å². The number of amides is 2. The minimum atomic E-state index is -3.08. The number of rotatable bonds is 4. The molecule has 0 bridgehead atoms. The van der Waals surface area contributed by atoms with E-state index in [-0.39, 0.29) is 34.9 Å². The lowest BCUT2D eigenvalue weighted by Crippen LogP contribution is -2.45. The Morgan fingerprint density at radius 1 is 1.03 bits per heavy atom. The van der Waals surface area contributed by atoms with Gasteiger partial charge in [-0.3, -0.25) is 14.4 Å². The predicted molar refractivity (Wildman–Crippen MR) is 119 cm³/mol. The zero-order valence-corrected chi connectivity index (χ0v) is 18.3. The largest absolute Gasteiger partial charge is 0.352 e. The molecule has 31 heavy (non-hydrogen) atoms. The van der Waals surface area contributed by atoms with Crippen LogP contribution in [0.15, 0.2) is 29.1 Å².